The van der Waals surface area contributed by atoms with Crippen LogP contribution in [0.4, 0.5) is 4.39 Å². The predicted molar refractivity (Wildman–Crippen MR) is 72.2 cm³/mol. The average molecular weight is 253 g/mol. The Balaban J connectivity index is 2.14. The van der Waals surface area contributed by atoms with E-state index in [9.17, 15) is 9.50 Å². The topological polar surface area (TPSA) is 33.1 Å². The molecule has 2 aromatic carbocycles. The van der Waals surface area contributed by atoms with Crippen LogP contribution in [-0.4, -0.2) is 10.1 Å². The molecule has 0 aliphatic rings. The van der Waals surface area contributed by atoms with E-state index in [0.717, 1.165) is 16.5 Å². The number of nitrogens with zero attached hydrogens (tertiary/aromatic N) is 1. The van der Waals surface area contributed by atoms with Crippen LogP contribution in [0.3, 0.4) is 0 Å². The monoisotopic (exact) mass is 253 g/mol. The van der Waals surface area contributed by atoms with E-state index < -0.39 is 6.10 Å². The van der Waals surface area contributed by atoms with Gasteiger partial charge in [-0.1, -0.05) is 30.3 Å². The maximum atomic E-state index is 13.2. The Morgan fingerprint density at radius 2 is 1.84 bits per heavy atom. The molecule has 1 N–H and O–H groups in total. The summed E-state index contributed by atoms with van der Waals surface area (Å²) in [7, 11) is 0. The Morgan fingerprint density at radius 3 is 2.68 bits per heavy atom. The second-order valence-corrected chi connectivity index (χ2v) is 4.37. The van der Waals surface area contributed by atoms with Gasteiger partial charge in [0.2, 0.25) is 0 Å². The van der Waals surface area contributed by atoms with E-state index in [-0.39, 0.29) is 5.82 Å². The molecule has 0 spiro atoms. The number of fused-ring (bicyclic) bond motifs is 1. The first kappa shape index (κ1) is 11.8. The normalized spacial score (nSPS) is 12.5. The van der Waals surface area contributed by atoms with Gasteiger partial charge in [-0.2, -0.15) is 0 Å². The Labute approximate surface area is 110 Å². The zero-order chi connectivity index (χ0) is 13.2. The third-order valence-electron chi connectivity index (χ3n) is 3.14. The van der Waals surface area contributed by atoms with Crippen LogP contribution in [0.5, 0.6) is 0 Å². The molecule has 3 heteroatoms. The number of aromatic nitrogens is 1. The van der Waals surface area contributed by atoms with Crippen molar-refractivity contribution in [3.05, 3.63) is 77.7 Å². The van der Waals surface area contributed by atoms with Gasteiger partial charge in [-0.25, -0.2) is 4.39 Å². The molecule has 1 atom stereocenters. The highest BCUT2D eigenvalue weighted by atomic mass is 19.1. The number of aliphatic hydroxyl groups excluding tert-OH is 1. The summed E-state index contributed by atoms with van der Waals surface area (Å²) in [6, 6.07) is 15.3. The van der Waals surface area contributed by atoms with E-state index >= 15 is 0 Å². The first-order valence-corrected chi connectivity index (χ1v) is 6.03. The zero-order valence-electron chi connectivity index (χ0n) is 10.1. The van der Waals surface area contributed by atoms with Crippen LogP contribution in [0.2, 0.25) is 0 Å². The standard InChI is InChI=1S/C16H12FNO/c17-12-5-1-4-11(10-12)16(19)14-6-2-8-15-13(14)7-3-9-18-15/h1-10,16,19H. The van der Waals surface area contributed by atoms with E-state index in [2.05, 4.69) is 4.98 Å². The number of halogens is 1. The van der Waals surface area contributed by atoms with Crippen LogP contribution in [0.1, 0.15) is 17.2 Å². The van der Waals surface area contributed by atoms with E-state index in [1.54, 1.807) is 18.3 Å². The molecule has 0 saturated carbocycles. The second-order valence-electron chi connectivity index (χ2n) is 4.37. The van der Waals surface area contributed by atoms with Crippen molar-refractivity contribution in [2.45, 2.75) is 6.10 Å². The van der Waals surface area contributed by atoms with E-state index in [0.29, 0.717) is 5.56 Å². The summed E-state index contributed by atoms with van der Waals surface area (Å²) in [5, 5.41) is 11.3. The highest BCUT2D eigenvalue weighted by molar-refractivity contribution is 5.82. The van der Waals surface area contributed by atoms with Gasteiger partial charge in [0, 0.05) is 11.6 Å². The van der Waals surface area contributed by atoms with E-state index in [1.807, 2.05) is 30.3 Å². The minimum absolute atomic E-state index is 0.352. The summed E-state index contributed by atoms with van der Waals surface area (Å²) in [5.74, 6) is -0.352. The van der Waals surface area contributed by atoms with Gasteiger partial charge < -0.3 is 5.11 Å². The lowest BCUT2D eigenvalue weighted by Gasteiger charge is -2.13. The van der Waals surface area contributed by atoms with Crippen LogP contribution < -0.4 is 0 Å². The highest BCUT2D eigenvalue weighted by Crippen LogP contribution is 2.28. The summed E-state index contributed by atoms with van der Waals surface area (Å²) in [6.07, 6.45) is 0.851. The third-order valence-corrected chi connectivity index (χ3v) is 3.14. The molecule has 1 heterocycles. The fourth-order valence-corrected chi connectivity index (χ4v) is 2.22. The van der Waals surface area contributed by atoms with Crippen molar-refractivity contribution < 1.29 is 9.50 Å². The molecule has 3 aromatic rings. The van der Waals surface area contributed by atoms with Crippen molar-refractivity contribution in [2.75, 3.05) is 0 Å². The smallest absolute Gasteiger partial charge is 0.123 e. The maximum absolute atomic E-state index is 13.2. The molecule has 0 fully saturated rings. The zero-order valence-corrected chi connectivity index (χ0v) is 10.1. The highest BCUT2D eigenvalue weighted by Gasteiger charge is 2.14. The molecule has 0 radical (unpaired) electrons. The van der Waals surface area contributed by atoms with E-state index in [4.69, 9.17) is 0 Å². The summed E-state index contributed by atoms with van der Waals surface area (Å²) in [6.45, 7) is 0. The molecular formula is C16H12FNO. The Kier molecular flexibility index (Phi) is 2.97. The molecule has 1 unspecified atom stereocenters. The summed E-state index contributed by atoms with van der Waals surface area (Å²) in [4.78, 5) is 4.25. The Hall–Kier alpha value is -2.26. The predicted octanol–water partition coefficient (Wildman–Crippen LogP) is 3.46. The van der Waals surface area contributed by atoms with Crippen molar-refractivity contribution in [2.24, 2.45) is 0 Å². The largest absolute Gasteiger partial charge is 0.384 e. The molecule has 0 aliphatic carbocycles. The van der Waals surface area contributed by atoms with Crippen molar-refractivity contribution in [1.29, 1.82) is 0 Å². The van der Waals surface area contributed by atoms with Gasteiger partial charge in [-0.05, 0) is 35.4 Å². The van der Waals surface area contributed by atoms with Crippen molar-refractivity contribution in [3.63, 3.8) is 0 Å². The fourth-order valence-electron chi connectivity index (χ4n) is 2.22. The second kappa shape index (κ2) is 4.78. The first-order valence-electron chi connectivity index (χ1n) is 6.03. The number of rotatable bonds is 2. The average Bonchev–Trinajstić information content (AvgIpc) is 2.46. The van der Waals surface area contributed by atoms with Crippen molar-refractivity contribution >= 4 is 10.9 Å². The van der Waals surface area contributed by atoms with E-state index in [1.165, 1.54) is 12.1 Å². The van der Waals surface area contributed by atoms with Gasteiger partial charge in [0.05, 0.1) is 5.52 Å². The molecule has 19 heavy (non-hydrogen) atoms. The summed E-state index contributed by atoms with van der Waals surface area (Å²) < 4.78 is 13.2. The molecule has 3 rings (SSSR count). The van der Waals surface area contributed by atoms with Crippen LogP contribution in [-0.2, 0) is 0 Å². The molecule has 94 valence electrons. The lowest BCUT2D eigenvalue weighted by Crippen LogP contribution is -2.01. The van der Waals surface area contributed by atoms with Gasteiger partial charge in [0.15, 0.2) is 0 Å². The SMILES string of the molecule is OC(c1cccc(F)c1)c1cccc2ncccc12. The molecule has 2 nitrogen and oxygen atoms in total. The van der Waals surface area contributed by atoms with Crippen LogP contribution in [0.15, 0.2) is 60.8 Å². The number of pyridine rings is 1. The number of hydrogen-bond donors (Lipinski definition) is 1. The maximum Gasteiger partial charge on any atom is 0.123 e. The van der Waals surface area contributed by atoms with Gasteiger partial charge >= 0.3 is 0 Å². The molecule has 0 bridgehead atoms. The Morgan fingerprint density at radius 1 is 1.00 bits per heavy atom. The van der Waals surface area contributed by atoms with Crippen molar-refractivity contribution in [3.8, 4) is 0 Å². The molecule has 1 aromatic heterocycles. The number of aliphatic hydroxyl groups is 1. The molecule has 0 amide bonds. The molecule has 0 saturated heterocycles. The van der Waals surface area contributed by atoms with Crippen LogP contribution in [0.25, 0.3) is 10.9 Å². The van der Waals surface area contributed by atoms with Gasteiger partial charge in [0.1, 0.15) is 11.9 Å². The molecular weight excluding hydrogens is 241 g/mol. The first-order chi connectivity index (χ1) is 9.25. The minimum atomic E-state index is -0.858. The summed E-state index contributed by atoms with van der Waals surface area (Å²) in [5.41, 5.74) is 2.09. The third kappa shape index (κ3) is 2.20. The fraction of sp³-hybridized carbons (Fsp3) is 0.0625. The number of hydrogen-bond acceptors (Lipinski definition) is 2. The number of benzene rings is 2. The molecule has 0 aliphatic heterocycles. The quantitative estimate of drug-likeness (QED) is 0.758. The van der Waals surface area contributed by atoms with Gasteiger partial charge in [-0.15, -0.1) is 0 Å². The van der Waals surface area contributed by atoms with Gasteiger partial charge in [-0.3, -0.25) is 4.98 Å². The lowest BCUT2D eigenvalue weighted by atomic mass is 9.97. The Bertz CT molecular complexity index is 721. The van der Waals surface area contributed by atoms with Crippen molar-refractivity contribution in [1.82, 2.24) is 4.98 Å². The van der Waals surface area contributed by atoms with Crippen LogP contribution in [0, 0.1) is 5.82 Å². The minimum Gasteiger partial charge on any atom is -0.384 e. The van der Waals surface area contributed by atoms with Gasteiger partial charge in [0.25, 0.3) is 0 Å². The lowest BCUT2D eigenvalue weighted by molar-refractivity contribution is 0.221. The van der Waals surface area contributed by atoms with Crippen LogP contribution >= 0.6 is 0 Å². The summed E-state index contributed by atoms with van der Waals surface area (Å²) >= 11 is 0.